The number of amides is 2. The van der Waals surface area contributed by atoms with Crippen molar-refractivity contribution in [1.82, 2.24) is 9.97 Å². The molecule has 0 saturated carbocycles. The van der Waals surface area contributed by atoms with E-state index in [2.05, 4.69) is 25.5 Å². The van der Waals surface area contributed by atoms with E-state index in [9.17, 15) is 18.0 Å². The maximum absolute atomic E-state index is 12.7. The van der Waals surface area contributed by atoms with Crippen molar-refractivity contribution in [2.24, 2.45) is 0 Å². The summed E-state index contributed by atoms with van der Waals surface area (Å²) in [6.07, 6.45) is -0.954. The van der Waals surface area contributed by atoms with Crippen LogP contribution in [0.4, 0.5) is 35.3 Å². The number of anilines is 3. The molecule has 2 N–H and O–H groups in total. The van der Waals surface area contributed by atoms with Crippen LogP contribution in [0.15, 0.2) is 36.7 Å². The van der Waals surface area contributed by atoms with E-state index in [1.54, 1.807) is 6.07 Å². The fraction of sp³-hybridized carbons (Fsp3) is 0.312. The van der Waals surface area contributed by atoms with Gasteiger partial charge in [0, 0.05) is 24.8 Å². The highest BCUT2D eigenvalue weighted by Crippen LogP contribution is 2.30. The Morgan fingerprint density at radius 2 is 1.84 bits per heavy atom. The molecule has 1 aliphatic rings. The SMILES string of the molecule is O=C(Nc1cccc(C(F)(F)F)c1)Nc1cc(N2CCCC2)ncn1. The van der Waals surface area contributed by atoms with E-state index < -0.39 is 17.8 Å². The Morgan fingerprint density at radius 3 is 2.56 bits per heavy atom. The van der Waals surface area contributed by atoms with E-state index in [4.69, 9.17) is 0 Å². The number of hydrogen-bond acceptors (Lipinski definition) is 4. The van der Waals surface area contributed by atoms with Gasteiger partial charge in [-0.15, -0.1) is 0 Å². The Morgan fingerprint density at radius 1 is 1.08 bits per heavy atom. The summed E-state index contributed by atoms with van der Waals surface area (Å²) in [6, 6.07) is 5.38. The van der Waals surface area contributed by atoms with Gasteiger partial charge < -0.3 is 10.2 Å². The van der Waals surface area contributed by atoms with Gasteiger partial charge in [-0.05, 0) is 31.0 Å². The van der Waals surface area contributed by atoms with Gasteiger partial charge in [-0.2, -0.15) is 13.2 Å². The molecule has 0 radical (unpaired) electrons. The summed E-state index contributed by atoms with van der Waals surface area (Å²) in [5.41, 5.74) is -0.787. The minimum absolute atomic E-state index is 0.0427. The van der Waals surface area contributed by atoms with Gasteiger partial charge in [0.1, 0.15) is 18.0 Å². The number of nitrogens with one attached hydrogen (secondary N) is 2. The molecule has 1 saturated heterocycles. The van der Waals surface area contributed by atoms with Crippen LogP contribution < -0.4 is 15.5 Å². The highest BCUT2D eigenvalue weighted by Gasteiger charge is 2.30. The lowest BCUT2D eigenvalue weighted by atomic mass is 10.2. The van der Waals surface area contributed by atoms with Gasteiger partial charge in [0.25, 0.3) is 0 Å². The largest absolute Gasteiger partial charge is 0.416 e. The van der Waals surface area contributed by atoms with Crippen molar-refractivity contribution in [3.05, 3.63) is 42.2 Å². The van der Waals surface area contributed by atoms with Gasteiger partial charge in [-0.3, -0.25) is 5.32 Å². The van der Waals surface area contributed by atoms with Crippen molar-refractivity contribution in [2.75, 3.05) is 28.6 Å². The fourth-order valence-electron chi connectivity index (χ4n) is 2.59. The van der Waals surface area contributed by atoms with E-state index in [0.29, 0.717) is 5.82 Å². The zero-order chi connectivity index (χ0) is 17.9. The maximum atomic E-state index is 12.7. The van der Waals surface area contributed by atoms with E-state index in [1.165, 1.54) is 18.5 Å². The smallest absolute Gasteiger partial charge is 0.356 e. The fourth-order valence-corrected chi connectivity index (χ4v) is 2.59. The number of hydrogen-bond donors (Lipinski definition) is 2. The number of carbonyl (C=O) groups is 1. The van der Waals surface area contributed by atoms with Crippen LogP contribution in [-0.4, -0.2) is 29.1 Å². The Bertz CT molecular complexity index is 759. The summed E-state index contributed by atoms with van der Waals surface area (Å²) in [7, 11) is 0. The zero-order valence-corrected chi connectivity index (χ0v) is 13.2. The third-order valence-corrected chi connectivity index (χ3v) is 3.77. The lowest BCUT2D eigenvalue weighted by Crippen LogP contribution is -2.22. The van der Waals surface area contributed by atoms with Crippen molar-refractivity contribution >= 4 is 23.4 Å². The van der Waals surface area contributed by atoms with Crippen LogP contribution in [0.1, 0.15) is 18.4 Å². The Hall–Kier alpha value is -2.84. The second-order valence-electron chi connectivity index (χ2n) is 5.61. The lowest BCUT2D eigenvalue weighted by molar-refractivity contribution is -0.137. The quantitative estimate of drug-likeness (QED) is 0.884. The van der Waals surface area contributed by atoms with Crippen LogP contribution in [0.3, 0.4) is 0 Å². The number of nitrogens with zero attached hydrogens (tertiary/aromatic N) is 3. The Labute approximate surface area is 142 Å². The molecule has 2 aromatic rings. The van der Waals surface area contributed by atoms with E-state index >= 15 is 0 Å². The number of benzene rings is 1. The van der Waals surface area contributed by atoms with Crippen molar-refractivity contribution < 1.29 is 18.0 Å². The standard InChI is InChI=1S/C16H16F3N5O/c17-16(18,19)11-4-3-5-12(8-11)22-15(25)23-13-9-14(21-10-20-13)24-6-1-2-7-24/h3-5,8-10H,1-2,6-7H2,(H2,20,21,22,23,25). The number of alkyl halides is 3. The van der Waals surface area contributed by atoms with Gasteiger partial charge in [0.2, 0.25) is 0 Å². The molecule has 2 heterocycles. The number of carbonyl (C=O) groups excluding carboxylic acids is 1. The summed E-state index contributed by atoms with van der Waals surface area (Å²) in [6.45, 7) is 1.79. The van der Waals surface area contributed by atoms with E-state index in [0.717, 1.165) is 38.1 Å². The second-order valence-corrected chi connectivity index (χ2v) is 5.61. The number of urea groups is 1. The first-order chi connectivity index (χ1) is 11.9. The van der Waals surface area contributed by atoms with Crippen LogP contribution in [0.25, 0.3) is 0 Å². The third-order valence-electron chi connectivity index (χ3n) is 3.77. The summed E-state index contributed by atoms with van der Waals surface area (Å²) < 4.78 is 38.1. The van der Waals surface area contributed by atoms with Gasteiger partial charge in [-0.1, -0.05) is 6.07 Å². The molecule has 1 aliphatic heterocycles. The van der Waals surface area contributed by atoms with Crippen LogP contribution >= 0.6 is 0 Å². The van der Waals surface area contributed by atoms with Gasteiger partial charge in [-0.25, -0.2) is 14.8 Å². The summed E-state index contributed by atoms with van der Waals surface area (Å²) in [4.78, 5) is 22.2. The normalized spacial score (nSPS) is 14.4. The molecule has 0 spiro atoms. The zero-order valence-electron chi connectivity index (χ0n) is 13.2. The predicted octanol–water partition coefficient (Wildman–Crippen LogP) is 3.74. The van der Waals surface area contributed by atoms with Crippen LogP contribution in [0.2, 0.25) is 0 Å². The molecule has 132 valence electrons. The van der Waals surface area contributed by atoms with Crippen LogP contribution in [-0.2, 0) is 6.18 Å². The molecular formula is C16H16F3N5O. The van der Waals surface area contributed by atoms with Crippen molar-refractivity contribution in [2.45, 2.75) is 19.0 Å². The highest BCUT2D eigenvalue weighted by atomic mass is 19.4. The van der Waals surface area contributed by atoms with Crippen molar-refractivity contribution in [3.63, 3.8) is 0 Å². The minimum Gasteiger partial charge on any atom is -0.356 e. The van der Waals surface area contributed by atoms with Crippen LogP contribution in [0.5, 0.6) is 0 Å². The maximum Gasteiger partial charge on any atom is 0.416 e. The molecule has 1 aromatic heterocycles. The monoisotopic (exact) mass is 351 g/mol. The first-order valence-electron chi connectivity index (χ1n) is 7.74. The van der Waals surface area contributed by atoms with E-state index in [1.807, 2.05) is 0 Å². The van der Waals surface area contributed by atoms with Crippen molar-refractivity contribution in [1.29, 1.82) is 0 Å². The molecule has 9 heteroatoms. The third kappa shape index (κ3) is 4.37. The topological polar surface area (TPSA) is 70.2 Å². The predicted molar refractivity (Wildman–Crippen MR) is 87.6 cm³/mol. The molecular weight excluding hydrogens is 335 g/mol. The average Bonchev–Trinajstić information content (AvgIpc) is 3.09. The summed E-state index contributed by atoms with van der Waals surface area (Å²) in [5.74, 6) is 0.989. The summed E-state index contributed by atoms with van der Waals surface area (Å²) >= 11 is 0. The molecule has 0 atom stereocenters. The molecule has 1 aromatic carbocycles. The molecule has 0 aliphatic carbocycles. The van der Waals surface area contributed by atoms with Gasteiger partial charge >= 0.3 is 12.2 Å². The first kappa shape index (κ1) is 17.0. The molecule has 0 bridgehead atoms. The number of halogens is 3. The molecule has 0 unspecified atom stereocenters. The minimum atomic E-state index is -4.47. The van der Waals surface area contributed by atoms with Gasteiger partial charge in [0.05, 0.1) is 5.56 Å². The van der Waals surface area contributed by atoms with Gasteiger partial charge in [0.15, 0.2) is 0 Å². The second kappa shape index (κ2) is 6.96. The molecule has 2 amide bonds. The Kier molecular flexibility index (Phi) is 4.73. The number of rotatable bonds is 3. The first-order valence-corrected chi connectivity index (χ1v) is 7.74. The Balaban J connectivity index is 1.66. The number of aromatic nitrogens is 2. The summed E-state index contributed by atoms with van der Waals surface area (Å²) in [5, 5.41) is 4.87. The molecule has 1 fully saturated rings. The van der Waals surface area contributed by atoms with Crippen LogP contribution in [0, 0.1) is 0 Å². The molecule has 25 heavy (non-hydrogen) atoms. The van der Waals surface area contributed by atoms with E-state index in [-0.39, 0.29) is 11.5 Å². The lowest BCUT2D eigenvalue weighted by Gasteiger charge is -2.16. The molecule has 3 rings (SSSR count). The molecule has 6 nitrogen and oxygen atoms in total. The van der Waals surface area contributed by atoms with Crippen molar-refractivity contribution in [3.8, 4) is 0 Å². The highest BCUT2D eigenvalue weighted by molar-refractivity contribution is 5.99. The average molecular weight is 351 g/mol.